The van der Waals surface area contributed by atoms with E-state index in [-0.39, 0.29) is 23.8 Å². The Balaban J connectivity index is 2.00. The van der Waals surface area contributed by atoms with Gasteiger partial charge in [0.05, 0.1) is 11.8 Å². The average Bonchev–Trinajstić information content (AvgIpc) is 2.74. The number of benzene rings is 1. The van der Waals surface area contributed by atoms with Crippen molar-refractivity contribution in [3.8, 4) is 0 Å². The predicted octanol–water partition coefficient (Wildman–Crippen LogP) is 3.69. The van der Waals surface area contributed by atoms with Crippen molar-refractivity contribution in [2.24, 2.45) is 11.8 Å². The standard InChI is InChI=1S/C17H22O3/c1-3-12(13-8-6-5-7-9-13)10-11-15-14(4-2)16(18)20-17(15)19/h5-9,12,14-15H,3-4,10-11H2,1-2H3. The quantitative estimate of drug-likeness (QED) is 0.587. The van der Waals surface area contributed by atoms with E-state index in [0.29, 0.717) is 12.3 Å². The van der Waals surface area contributed by atoms with E-state index in [2.05, 4.69) is 19.1 Å². The highest BCUT2D eigenvalue weighted by Gasteiger charge is 2.42. The molecule has 0 aliphatic carbocycles. The van der Waals surface area contributed by atoms with E-state index in [9.17, 15) is 9.59 Å². The van der Waals surface area contributed by atoms with Crippen LogP contribution in [0.5, 0.6) is 0 Å². The van der Waals surface area contributed by atoms with Gasteiger partial charge in [0.1, 0.15) is 0 Å². The summed E-state index contributed by atoms with van der Waals surface area (Å²) in [7, 11) is 0. The van der Waals surface area contributed by atoms with Crippen LogP contribution in [0.4, 0.5) is 0 Å². The molecule has 1 aromatic carbocycles. The summed E-state index contributed by atoms with van der Waals surface area (Å²) in [5.74, 6) is -0.710. The third-order valence-electron chi connectivity index (χ3n) is 4.32. The molecule has 1 heterocycles. The van der Waals surface area contributed by atoms with Gasteiger partial charge in [-0.25, -0.2) is 0 Å². The van der Waals surface area contributed by atoms with Crippen molar-refractivity contribution in [1.29, 1.82) is 0 Å². The normalized spacial score (nSPS) is 23.7. The Morgan fingerprint density at radius 1 is 1.05 bits per heavy atom. The van der Waals surface area contributed by atoms with Crippen LogP contribution in [0.3, 0.4) is 0 Å². The van der Waals surface area contributed by atoms with Crippen LogP contribution in [-0.2, 0) is 14.3 Å². The lowest BCUT2D eigenvalue weighted by Crippen LogP contribution is -2.18. The zero-order valence-corrected chi connectivity index (χ0v) is 12.2. The lowest BCUT2D eigenvalue weighted by atomic mass is 9.83. The van der Waals surface area contributed by atoms with Gasteiger partial charge in [-0.15, -0.1) is 0 Å². The molecule has 20 heavy (non-hydrogen) atoms. The molecule has 1 saturated heterocycles. The van der Waals surface area contributed by atoms with Crippen molar-refractivity contribution in [3.63, 3.8) is 0 Å². The first kappa shape index (κ1) is 14.8. The zero-order chi connectivity index (χ0) is 14.5. The fraction of sp³-hybridized carbons (Fsp3) is 0.529. The first-order chi connectivity index (χ1) is 9.67. The molecule has 0 aromatic heterocycles. The number of hydrogen-bond donors (Lipinski definition) is 0. The van der Waals surface area contributed by atoms with Gasteiger partial charge in [-0.3, -0.25) is 9.59 Å². The lowest BCUT2D eigenvalue weighted by Gasteiger charge is -2.18. The van der Waals surface area contributed by atoms with E-state index in [4.69, 9.17) is 4.74 Å². The molecule has 0 bridgehead atoms. The van der Waals surface area contributed by atoms with Gasteiger partial charge in [0.2, 0.25) is 0 Å². The van der Waals surface area contributed by atoms with E-state index in [1.165, 1.54) is 5.56 Å². The summed E-state index contributed by atoms with van der Waals surface area (Å²) < 4.78 is 4.77. The van der Waals surface area contributed by atoms with Crippen molar-refractivity contribution in [1.82, 2.24) is 0 Å². The molecule has 3 atom stereocenters. The fourth-order valence-electron chi connectivity index (χ4n) is 3.06. The van der Waals surface area contributed by atoms with Crippen LogP contribution in [0.1, 0.15) is 51.0 Å². The number of hydrogen-bond acceptors (Lipinski definition) is 3. The Morgan fingerprint density at radius 3 is 2.30 bits per heavy atom. The van der Waals surface area contributed by atoms with Crippen LogP contribution >= 0.6 is 0 Å². The second-order valence-electron chi connectivity index (χ2n) is 5.45. The van der Waals surface area contributed by atoms with Crippen LogP contribution in [0.2, 0.25) is 0 Å². The second-order valence-corrected chi connectivity index (χ2v) is 5.45. The maximum atomic E-state index is 11.7. The maximum absolute atomic E-state index is 11.7. The second kappa shape index (κ2) is 6.69. The molecule has 1 fully saturated rings. The van der Waals surface area contributed by atoms with Gasteiger partial charge in [0, 0.05) is 0 Å². The van der Waals surface area contributed by atoms with Crippen LogP contribution in [0.25, 0.3) is 0 Å². The number of ether oxygens (including phenoxy) is 1. The Kier molecular flexibility index (Phi) is 4.94. The number of carbonyl (C=O) groups is 2. The highest BCUT2D eigenvalue weighted by Crippen LogP contribution is 2.34. The molecule has 3 unspecified atom stereocenters. The van der Waals surface area contributed by atoms with E-state index < -0.39 is 0 Å². The molecule has 3 nitrogen and oxygen atoms in total. The molecule has 1 aliphatic rings. The molecule has 0 N–H and O–H groups in total. The number of esters is 2. The maximum Gasteiger partial charge on any atom is 0.317 e. The van der Waals surface area contributed by atoms with E-state index in [1.54, 1.807) is 0 Å². The van der Waals surface area contributed by atoms with E-state index in [1.807, 2.05) is 25.1 Å². The summed E-state index contributed by atoms with van der Waals surface area (Å²) in [6.07, 6.45) is 3.37. The first-order valence-electron chi connectivity index (χ1n) is 7.47. The van der Waals surface area contributed by atoms with Crippen LogP contribution in [0, 0.1) is 11.8 Å². The third-order valence-corrected chi connectivity index (χ3v) is 4.32. The minimum atomic E-state index is -0.338. The molecule has 0 amide bonds. The van der Waals surface area contributed by atoms with Gasteiger partial charge in [-0.05, 0) is 37.2 Å². The molecule has 2 rings (SSSR count). The van der Waals surface area contributed by atoms with E-state index in [0.717, 1.165) is 19.3 Å². The Hall–Kier alpha value is -1.64. The lowest BCUT2D eigenvalue weighted by molar-refractivity contribution is -0.153. The molecular formula is C17H22O3. The SMILES string of the molecule is CCC(CCC1C(=O)OC(=O)C1CC)c1ccccc1. The molecule has 1 aliphatic heterocycles. The number of carbonyl (C=O) groups excluding carboxylic acids is 2. The molecule has 1 aromatic rings. The van der Waals surface area contributed by atoms with Crippen molar-refractivity contribution < 1.29 is 14.3 Å². The van der Waals surface area contributed by atoms with Crippen molar-refractivity contribution in [2.45, 2.75) is 45.4 Å². The topological polar surface area (TPSA) is 43.4 Å². The largest absolute Gasteiger partial charge is 0.393 e. The van der Waals surface area contributed by atoms with Crippen molar-refractivity contribution in [3.05, 3.63) is 35.9 Å². The average molecular weight is 274 g/mol. The first-order valence-corrected chi connectivity index (χ1v) is 7.47. The summed E-state index contributed by atoms with van der Waals surface area (Å²) >= 11 is 0. The highest BCUT2D eigenvalue weighted by atomic mass is 16.6. The van der Waals surface area contributed by atoms with Crippen LogP contribution in [0.15, 0.2) is 30.3 Å². The van der Waals surface area contributed by atoms with Gasteiger partial charge >= 0.3 is 11.9 Å². The number of cyclic esters (lactones) is 2. The third kappa shape index (κ3) is 3.09. The number of rotatable bonds is 6. The van der Waals surface area contributed by atoms with Crippen molar-refractivity contribution in [2.75, 3.05) is 0 Å². The van der Waals surface area contributed by atoms with Gasteiger partial charge in [-0.2, -0.15) is 0 Å². The zero-order valence-electron chi connectivity index (χ0n) is 12.2. The summed E-state index contributed by atoms with van der Waals surface area (Å²) in [5, 5.41) is 0. The summed E-state index contributed by atoms with van der Waals surface area (Å²) in [5.41, 5.74) is 1.31. The molecule has 0 spiro atoms. The Labute approximate surface area is 120 Å². The highest BCUT2D eigenvalue weighted by molar-refractivity contribution is 5.96. The fourth-order valence-corrected chi connectivity index (χ4v) is 3.06. The van der Waals surface area contributed by atoms with E-state index >= 15 is 0 Å². The van der Waals surface area contributed by atoms with Gasteiger partial charge < -0.3 is 4.74 Å². The molecule has 0 radical (unpaired) electrons. The molecule has 108 valence electrons. The monoisotopic (exact) mass is 274 g/mol. The summed E-state index contributed by atoms with van der Waals surface area (Å²) in [6.45, 7) is 4.10. The predicted molar refractivity (Wildman–Crippen MR) is 77.1 cm³/mol. The molecule has 3 heteroatoms. The van der Waals surface area contributed by atoms with Gasteiger partial charge in [0.15, 0.2) is 0 Å². The minimum absolute atomic E-state index is 0.240. The summed E-state index contributed by atoms with van der Waals surface area (Å²) in [4.78, 5) is 23.3. The molecule has 0 saturated carbocycles. The Morgan fingerprint density at radius 2 is 1.70 bits per heavy atom. The Bertz CT molecular complexity index is 466. The molecular weight excluding hydrogens is 252 g/mol. The van der Waals surface area contributed by atoms with Gasteiger partial charge in [-0.1, -0.05) is 44.2 Å². The van der Waals surface area contributed by atoms with Crippen molar-refractivity contribution >= 4 is 11.9 Å². The van der Waals surface area contributed by atoms with Crippen LogP contribution < -0.4 is 0 Å². The smallest absolute Gasteiger partial charge is 0.317 e. The minimum Gasteiger partial charge on any atom is -0.393 e. The van der Waals surface area contributed by atoms with Crippen LogP contribution in [-0.4, -0.2) is 11.9 Å². The summed E-state index contributed by atoms with van der Waals surface area (Å²) in [6, 6.07) is 10.4. The van der Waals surface area contributed by atoms with Gasteiger partial charge in [0.25, 0.3) is 0 Å².